The van der Waals surface area contributed by atoms with Gasteiger partial charge in [0, 0.05) is 12.3 Å². The number of hydrogen-bond donors (Lipinski definition) is 0. The van der Waals surface area contributed by atoms with Gasteiger partial charge in [0.1, 0.15) is 6.10 Å². The van der Waals surface area contributed by atoms with E-state index in [0.29, 0.717) is 12.3 Å². The van der Waals surface area contributed by atoms with Crippen molar-refractivity contribution in [3.05, 3.63) is 23.3 Å². The summed E-state index contributed by atoms with van der Waals surface area (Å²) in [6.45, 7) is 5.93. The van der Waals surface area contributed by atoms with Crippen LogP contribution in [0, 0.1) is 23.7 Å². The van der Waals surface area contributed by atoms with Crippen molar-refractivity contribution >= 4 is 11.8 Å². The first kappa shape index (κ1) is 11.7. The average molecular weight is 246 g/mol. The van der Waals surface area contributed by atoms with Gasteiger partial charge < -0.3 is 4.74 Å². The summed E-state index contributed by atoms with van der Waals surface area (Å²) in [4.78, 5) is 23.7. The summed E-state index contributed by atoms with van der Waals surface area (Å²) < 4.78 is 5.54. The van der Waals surface area contributed by atoms with Crippen molar-refractivity contribution in [2.24, 2.45) is 23.7 Å². The van der Waals surface area contributed by atoms with Crippen LogP contribution in [0.1, 0.15) is 27.2 Å². The van der Waals surface area contributed by atoms with E-state index in [0.717, 1.165) is 11.1 Å². The molecule has 3 heteroatoms. The number of carbonyl (C=O) groups is 2. The quantitative estimate of drug-likeness (QED) is 0.486. The SMILES string of the molecule is CC1=C2[C@H]3OC(=O)[C@H](C)[C@@H]3C=C[C@H](C)[C@H]2CC1=O. The number of carbonyl (C=O) groups excluding carboxylic acids is 2. The zero-order valence-corrected chi connectivity index (χ0v) is 11.0. The molecule has 0 bridgehead atoms. The molecule has 3 aliphatic rings. The molecule has 0 aromatic rings. The lowest BCUT2D eigenvalue weighted by atomic mass is 9.83. The maximum Gasteiger partial charge on any atom is 0.310 e. The Kier molecular flexibility index (Phi) is 2.47. The summed E-state index contributed by atoms with van der Waals surface area (Å²) in [5.41, 5.74) is 1.91. The summed E-state index contributed by atoms with van der Waals surface area (Å²) in [6.07, 6.45) is 4.64. The molecule has 0 radical (unpaired) electrons. The van der Waals surface area contributed by atoms with E-state index in [-0.39, 0.29) is 35.6 Å². The van der Waals surface area contributed by atoms with E-state index in [1.165, 1.54) is 0 Å². The highest BCUT2D eigenvalue weighted by molar-refractivity contribution is 5.99. The second-order valence-corrected chi connectivity index (χ2v) is 5.78. The second kappa shape index (κ2) is 3.81. The van der Waals surface area contributed by atoms with Crippen LogP contribution in [0.25, 0.3) is 0 Å². The maximum atomic E-state index is 11.9. The lowest BCUT2D eigenvalue weighted by Crippen LogP contribution is -2.23. The minimum atomic E-state index is -0.204. The summed E-state index contributed by atoms with van der Waals surface area (Å²) in [6, 6.07) is 0. The summed E-state index contributed by atoms with van der Waals surface area (Å²) in [5, 5.41) is 0. The molecule has 96 valence electrons. The Balaban J connectivity index is 2.10. The molecule has 0 spiro atoms. The minimum absolute atomic E-state index is 0.0980. The van der Waals surface area contributed by atoms with Crippen LogP contribution >= 0.6 is 0 Å². The van der Waals surface area contributed by atoms with Gasteiger partial charge >= 0.3 is 5.97 Å². The van der Waals surface area contributed by atoms with Crippen molar-refractivity contribution in [3.8, 4) is 0 Å². The van der Waals surface area contributed by atoms with Crippen LogP contribution in [-0.4, -0.2) is 17.9 Å². The number of hydrogen-bond acceptors (Lipinski definition) is 3. The van der Waals surface area contributed by atoms with Gasteiger partial charge in [0.15, 0.2) is 5.78 Å². The van der Waals surface area contributed by atoms with E-state index in [2.05, 4.69) is 19.1 Å². The first-order valence-electron chi connectivity index (χ1n) is 6.63. The summed E-state index contributed by atoms with van der Waals surface area (Å²) in [5.74, 6) is 0.642. The van der Waals surface area contributed by atoms with Crippen molar-refractivity contribution in [2.45, 2.75) is 33.3 Å². The van der Waals surface area contributed by atoms with E-state index in [1.807, 2.05) is 13.8 Å². The fourth-order valence-electron chi connectivity index (χ4n) is 3.50. The molecule has 0 N–H and O–H groups in total. The predicted molar refractivity (Wildman–Crippen MR) is 66.7 cm³/mol. The standard InChI is InChI=1S/C15H18O3/c1-7-4-5-10-8(2)15(17)18-14(10)13-9(3)12(16)6-11(7)13/h4-5,7-8,10-11,14H,6H2,1-3H3/t7-,8+,10-,11+,14-/m0/s1. The molecular formula is C15H18O3. The van der Waals surface area contributed by atoms with Crippen LogP contribution in [0.4, 0.5) is 0 Å². The zero-order valence-electron chi connectivity index (χ0n) is 11.0. The molecule has 1 fully saturated rings. The van der Waals surface area contributed by atoms with E-state index >= 15 is 0 Å². The molecule has 2 aliphatic carbocycles. The molecule has 0 aromatic carbocycles. The maximum absolute atomic E-state index is 11.9. The molecule has 1 aliphatic heterocycles. The summed E-state index contributed by atoms with van der Waals surface area (Å²) >= 11 is 0. The zero-order chi connectivity index (χ0) is 13.0. The number of rotatable bonds is 0. The van der Waals surface area contributed by atoms with Gasteiger partial charge in [-0.3, -0.25) is 9.59 Å². The highest BCUT2D eigenvalue weighted by Crippen LogP contribution is 2.46. The van der Waals surface area contributed by atoms with E-state index in [4.69, 9.17) is 4.74 Å². The van der Waals surface area contributed by atoms with Gasteiger partial charge in [0.2, 0.25) is 0 Å². The molecular weight excluding hydrogens is 228 g/mol. The molecule has 1 heterocycles. The molecule has 0 amide bonds. The minimum Gasteiger partial charge on any atom is -0.457 e. The largest absolute Gasteiger partial charge is 0.457 e. The number of esters is 1. The molecule has 18 heavy (non-hydrogen) atoms. The van der Waals surface area contributed by atoms with Crippen LogP contribution < -0.4 is 0 Å². The number of fused-ring (bicyclic) bond motifs is 3. The fourth-order valence-corrected chi connectivity index (χ4v) is 3.50. The van der Waals surface area contributed by atoms with Gasteiger partial charge in [-0.25, -0.2) is 0 Å². The Morgan fingerprint density at radius 2 is 1.94 bits per heavy atom. The number of ether oxygens (including phenoxy) is 1. The Labute approximate surface area is 107 Å². The van der Waals surface area contributed by atoms with E-state index in [9.17, 15) is 9.59 Å². The second-order valence-electron chi connectivity index (χ2n) is 5.78. The lowest BCUT2D eigenvalue weighted by Gasteiger charge is -2.22. The Bertz CT molecular complexity index is 486. The van der Waals surface area contributed by atoms with Crippen molar-refractivity contribution in [1.29, 1.82) is 0 Å². The van der Waals surface area contributed by atoms with Crippen molar-refractivity contribution in [3.63, 3.8) is 0 Å². The average Bonchev–Trinajstić information content (AvgIpc) is 2.72. The smallest absolute Gasteiger partial charge is 0.310 e. The molecule has 1 saturated heterocycles. The summed E-state index contributed by atoms with van der Waals surface area (Å²) in [7, 11) is 0. The third-order valence-electron chi connectivity index (χ3n) is 4.78. The topological polar surface area (TPSA) is 43.4 Å². The van der Waals surface area contributed by atoms with Gasteiger partial charge in [0.25, 0.3) is 0 Å². The monoisotopic (exact) mass is 246 g/mol. The fraction of sp³-hybridized carbons (Fsp3) is 0.600. The van der Waals surface area contributed by atoms with Gasteiger partial charge in [-0.05, 0) is 29.9 Å². The van der Waals surface area contributed by atoms with Crippen molar-refractivity contribution < 1.29 is 14.3 Å². The van der Waals surface area contributed by atoms with Crippen LogP contribution in [-0.2, 0) is 14.3 Å². The van der Waals surface area contributed by atoms with Crippen LogP contribution in [0.5, 0.6) is 0 Å². The van der Waals surface area contributed by atoms with Gasteiger partial charge in [-0.15, -0.1) is 0 Å². The Morgan fingerprint density at radius 3 is 2.67 bits per heavy atom. The third-order valence-corrected chi connectivity index (χ3v) is 4.78. The predicted octanol–water partition coefficient (Wildman–Crippen LogP) is 2.28. The molecule has 5 atom stereocenters. The Morgan fingerprint density at radius 1 is 1.22 bits per heavy atom. The molecule has 0 saturated carbocycles. The highest BCUT2D eigenvalue weighted by Gasteiger charge is 2.49. The normalized spacial score (nSPS) is 42.7. The first-order chi connectivity index (χ1) is 8.50. The highest BCUT2D eigenvalue weighted by atomic mass is 16.6. The molecule has 0 unspecified atom stereocenters. The van der Waals surface area contributed by atoms with Crippen LogP contribution in [0.15, 0.2) is 23.3 Å². The van der Waals surface area contributed by atoms with E-state index in [1.54, 1.807) is 0 Å². The molecule has 0 aromatic heterocycles. The first-order valence-corrected chi connectivity index (χ1v) is 6.63. The number of ketones is 1. The number of allylic oxidation sites excluding steroid dienone is 2. The van der Waals surface area contributed by atoms with Gasteiger partial charge in [-0.1, -0.05) is 26.0 Å². The lowest BCUT2D eigenvalue weighted by molar-refractivity contribution is -0.143. The van der Waals surface area contributed by atoms with Crippen LogP contribution in [0.2, 0.25) is 0 Å². The number of Topliss-reactive ketones (excluding diaryl/α,β-unsaturated/α-hetero) is 1. The van der Waals surface area contributed by atoms with E-state index < -0.39 is 0 Å². The van der Waals surface area contributed by atoms with Gasteiger partial charge in [0.05, 0.1) is 5.92 Å². The molecule has 3 nitrogen and oxygen atoms in total. The van der Waals surface area contributed by atoms with Crippen LogP contribution in [0.3, 0.4) is 0 Å². The molecule has 3 rings (SSSR count). The van der Waals surface area contributed by atoms with Crippen molar-refractivity contribution in [2.75, 3.05) is 0 Å². The van der Waals surface area contributed by atoms with Gasteiger partial charge in [-0.2, -0.15) is 0 Å². The Hall–Kier alpha value is -1.38. The third kappa shape index (κ3) is 1.43. The van der Waals surface area contributed by atoms with Crippen molar-refractivity contribution in [1.82, 2.24) is 0 Å².